The van der Waals surface area contributed by atoms with Crippen molar-refractivity contribution in [1.29, 1.82) is 0 Å². The highest BCUT2D eigenvalue weighted by atomic mass is 35.5. The molecule has 2 aromatic heterocycles. The van der Waals surface area contributed by atoms with Gasteiger partial charge in [0.1, 0.15) is 5.56 Å². The van der Waals surface area contributed by atoms with Crippen LogP contribution in [0.25, 0.3) is 10.2 Å². The fraction of sp³-hybridized carbons (Fsp3) is 0.304. The Labute approximate surface area is 193 Å². The summed E-state index contributed by atoms with van der Waals surface area (Å²) in [6, 6.07) is 6.01. The monoisotopic (exact) mass is 467 g/mol. The maximum atomic E-state index is 12.7. The summed E-state index contributed by atoms with van der Waals surface area (Å²) in [4.78, 5) is 34.0. The van der Waals surface area contributed by atoms with Gasteiger partial charge in [-0.2, -0.15) is 4.98 Å². The van der Waals surface area contributed by atoms with Crippen molar-refractivity contribution < 1.29 is 4.79 Å². The van der Waals surface area contributed by atoms with Gasteiger partial charge in [-0.1, -0.05) is 23.3 Å². The van der Waals surface area contributed by atoms with Gasteiger partial charge in [0, 0.05) is 29.5 Å². The molecule has 5 rings (SSSR count). The van der Waals surface area contributed by atoms with Crippen LogP contribution in [0.2, 0.25) is 0 Å². The van der Waals surface area contributed by atoms with Crippen LogP contribution in [-0.2, 0) is 6.54 Å². The van der Waals surface area contributed by atoms with Crippen molar-refractivity contribution in [2.45, 2.75) is 45.2 Å². The molecule has 0 spiro atoms. The van der Waals surface area contributed by atoms with E-state index in [1.807, 2.05) is 41.8 Å². The number of nitrogens with one attached hydrogen (secondary N) is 2. The smallest absolute Gasteiger partial charge is 0.287 e. The average molecular weight is 468 g/mol. The highest BCUT2D eigenvalue weighted by Gasteiger charge is 2.26. The Morgan fingerprint density at radius 3 is 2.84 bits per heavy atom. The Balaban J connectivity index is 1.50. The van der Waals surface area contributed by atoms with Crippen LogP contribution >= 0.6 is 22.9 Å². The fourth-order valence-corrected chi connectivity index (χ4v) is 4.64. The zero-order chi connectivity index (χ0) is 22.2. The zero-order valence-electron chi connectivity index (χ0n) is 17.5. The lowest BCUT2D eigenvalue weighted by Gasteiger charge is -2.18. The van der Waals surface area contributed by atoms with Crippen LogP contribution in [0.5, 0.6) is 0 Å². The Hall–Kier alpha value is -2.97. The molecule has 1 aromatic carbocycles. The molecule has 9 heteroatoms. The summed E-state index contributed by atoms with van der Waals surface area (Å²) in [5.74, 6) is 0.0209. The number of hydrogen-bond acceptors (Lipinski definition) is 6. The first kappa shape index (κ1) is 20.9. The summed E-state index contributed by atoms with van der Waals surface area (Å²) in [6.45, 7) is 2.48. The van der Waals surface area contributed by atoms with E-state index in [0.717, 1.165) is 57.2 Å². The van der Waals surface area contributed by atoms with Gasteiger partial charge in [0.05, 0.1) is 15.2 Å². The molecular formula is C23H22ClN5O2S. The lowest BCUT2D eigenvalue weighted by atomic mass is 10.1. The molecule has 2 N–H and O–H groups in total. The van der Waals surface area contributed by atoms with Crippen molar-refractivity contribution in [3.8, 4) is 0 Å². The summed E-state index contributed by atoms with van der Waals surface area (Å²) >= 11 is 7.71. The molecule has 7 nitrogen and oxygen atoms in total. The van der Waals surface area contributed by atoms with E-state index in [2.05, 4.69) is 20.6 Å². The topological polar surface area (TPSA) is 88.9 Å². The number of anilines is 2. The number of rotatable bonds is 6. The van der Waals surface area contributed by atoms with Crippen LogP contribution in [0, 0.1) is 6.92 Å². The molecule has 1 amide bonds. The van der Waals surface area contributed by atoms with Gasteiger partial charge < -0.3 is 15.2 Å². The van der Waals surface area contributed by atoms with Crippen molar-refractivity contribution in [2.24, 2.45) is 0 Å². The fourth-order valence-electron chi connectivity index (χ4n) is 3.61. The lowest BCUT2D eigenvalue weighted by molar-refractivity contribution is 0.0948. The molecule has 1 saturated carbocycles. The van der Waals surface area contributed by atoms with Gasteiger partial charge >= 0.3 is 0 Å². The van der Waals surface area contributed by atoms with E-state index in [9.17, 15) is 9.59 Å². The highest BCUT2D eigenvalue weighted by Crippen LogP contribution is 2.27. The average Bonchev–Trinajstić information content (AvgIpc) is 3.49. The Morgan fingerprint density at radius 2 is 2.09 bits per heavy atom. The van der Waals surface area contributed by atoms with Crippen LogP contribution < -0.4 is 16.2 Å². The van der Waals surface area contributed by atoms with Crippen LogP contribution in [0.3, 0.4) is 0 Å². The van der Waals surface area contributed by atoms with Gasteiger partial charge in [-0.05, 0) is 56.9 Å². The number of nitrogens with zero attached hydrogens (tertiary/aromatic N) is 3. The molecule has 0 radical (unpaired) electrons. The second kappa shape index (κ2) is 8.52. The number of thiazole rings is 1. The van der Waals surface area contributed by atoms with Crippen LogP contribution in [0.1, 0.15) is 41.0 Å². The molecule has 32 heavy (non-hydrogen) atoms. The predicted molar refractivity (Wildman–Crippen MR) is 128 cm³/mol. The minimum atomic E-state index is -0.544. The quantitative estimate of drug-likeness (QED) is 0.551. The van der Waals surface area contributed by atoms with Gasteiger partial charge in [0.25, 0.3) is 11.5 Å². The van der Waals surface area contributed by atoms with Crippen molar-refractivity contribution in [3.05, 3.63) is 68.1 Å². The Bertz CT molecular complexity index is 1340. The van der Waals surface area contributed by atoms with Gasteiger partial charge in [-0.15, -0.1) is 11.3 Å². The zero-order valence-corrected chi connectivity index (χ0v) is 19.1. The summed E-state index contributed by atoms with van der Waals surface area (Å²) in [6.07, 6.45) is 8.98. The summed E-state index contributed by atoms with van der Waals surface area (Å²) in [5.41, 5.74) is 2.40. The maximum Gasteiger partial charge on any atom is 0.287 e. The number of halogens is 1. The van der Waals surface area contributed by atoms with E-state index in [1.54, 1.807) is 17.5 Å². The first-order chi connectivity index (χ1) is 15.4. The minimum Gasteiger partial charge on any atom is -0.349 e. The number of fused-ring (bicyclic) bond motifs is 1. The third kappa shape index (κ3) is 4.61. The normalized spacial score (nSPS) is 15.9. The van der Waals surface area contributed by atoms with Crippen LogP contribution in [-0.4, -0.2) is 26.5 Å². The van der Waals surface area contributed by atoms with E-state index < -0.39 is 5.56 Å². The second-order valence-corrected chi connectivity index (χ2v) is 9.86. The first-order valence-corrected chi connectivity index (χ1v) is 11.7. The molecule has 0 atom stereocenters. The van der Waals surface area contributed by atoms with Gasteiger partial charge in [0.15, 0.2) is 0 Å². The van der Waals surface area contributed by atoms with E-state index in [4.69, 9.17) is 11.6 Å². The van der Waals surface area contributed by atoms with Crippen molar-refractivity contribution in [1.82, 2.24) is 19.9 Å². The molecule has 2 aliphatic rings. The van der Waals surface area contributed by atoms with Crippen molar-refractivity contribution >= 4 is 50.7 Å². The number of carbonyl (C=O) groups is 1. The molecule has 0 bridgehead atoms. The molecule has 0 unspecified atom stereocenters. The number of hydrogen-bond donors (Lipinski definition) is 2. The van der Waals surface area contributed by atoms with E-state index in [1.165, 1.54) is 0 Å². The second-order valence-electron chi connectivity index (χ2n) is 8.14. The largest absolute Gasteiger partial charge is 0.349 e. The molecule has 1 fully saturated rings. The molecule has 3 aromatic rings. The lowest BCUT2D eigenvalue weighted by Crippen LogP contribution is -2.33. The van der Waals surface area contributed by atoms with Gasteiger partial charge in [0.2, 0.25) is 5.95 Å². The number of carbonyl (C=O) groups excluding carboxylic acids is 1. The number of aryl methyl sites for hydroxylation is 1. The molecule has 2 heterocycles. The molecule has 164 valence electrons. The van der Waals surface area contributed by atoms with Gasteiger partial charge in [-0.3, -0.25) is 9.59 Å². The SMILES string of the molecule is Cc1nc2ccc(Nc3nc(=O)c(C(=O)NC4CC4)cn3CC3=CC=C(Cl)CC3)cc2s1. The van der Waals surface area contributed by atoms with Crippen LogP contribution in [0.4, 0.5) is 11.6 Å². The van der Waals surface area contributed by atoms with E-state index >= 15 is 0 Å². The molecule has 0 aliphatic heterocycles. The molecular weight excluding hydrogens is 446 g/mol. The first-order valence-electron chi connectivity index (χ1n) is 10.6. The Morgan fingerprint density at radius 1 is 1.25 bits per heavy atom. The summed E-state index contributed by atoms with van der Waals surface area (Å²) < 4.78 is 2.88. The third-order valence-electron chi connectivity index (χ3n) is 5.46. The number of amides is 1. The Kier molecular flexibility index (Phi) is 5.57. The van der Waals surface area contributed by atoms with Crippen molar-refractivity contribution in [3.63, 3.8) is 0 Å². The summed E-state index contributed by atoms with van der Waals surface area (Å²) in [7, 11) is 0. The standard InChI is InChI=1S/C23H22ClN5O2S/c1-13-25-19-9-8-17(10-20(19)32-13)27-23-28-22(31)18(21(30)26-16-6-7-16)12-29(23)11-14-2-4-15(24)5-3-14/h2,4,8-10,12,16H,3,5-7,11H2,1H3,(H,26,30)(H,27,28,31). The molecule has 0 saturated heterocycles. The minimum absolute atomic E-state index is 0.0565. The highest BCUT2D eigenvalue weighted by molar-refractivity contribution is 7.18. The van der Waals surface area contributed by atoms with E-state index in [-0.39, 0.29) is 17.5 Å². The summed E-state index contributed by atoms with van der Waals surface area (Å²) in [5, 5.41) is 7.96. The number of benzene rings is 1. The van der Waals surface area contributed by atoms with Crippen LogP contribution in [0.15, 0.2) is 51.9 Å². The van der Waals surface area contributed by atoms with Crippen molar-refractivity contribution in [2.75, 3.05) is 5.32 Å². The number of aromatic nitrogens is 3. The number of allylic oxidation sites excluding steroid dienone is 4. The maximum absolute atomic E-state index is 12.7. The van der Waals surface area contributed by atoms with E-state index in [0.29, 0.717) is 12.5 Å². The molecule has 2 aliphatic carbocycles. The predicted octanol–water partition coefficient (Wildman–Crippen LogP) is 4.64. The van der Waals surface area contributed by atoms with Gasteiger partial charge in [-0.25, -0.2) is 4.98 Å². The third-order valence-corrected chi connectivity index (χ3v) is 6.71.